The molecule has 5 rings (SSSR count). The van der Waals surface area contributed by atoms with Crippen LogP contribution < -0.4 is 9.47 Å². The number of rotatable bonds is 1. The van der Waals surface area contributed by atoms with E-state index in [4.69, 9.17) is 9.47 Å². The molecule has 2 bridgehead atoms. The minimum atomic E-state index is -0.539. The molecule has 1 fully saturated rings. The highest BCUT2D eigenvalue weighted by Gasteiger charge is 2.64. The summed E-state index contributed by atoms with van der Waals surface area (Å²) < 4.78 is 11.8. The Morgan fingerprint density at radius 2 is 2.23 bits per heavy atom. The number of nitrogens with zero attached hydrogens (tertiary/aromatic N) is 1. The Morgan fingerprint density at radius 1 is 1.36 bits per heavy atom. The lowest BCUT2D eigenvalue weighted by atomic mass is 9.53. The smallest absolute Gasteiger partial charge is 0.165 e. The van der Waals surface area contributed by atoms with Gasteiger partial charge in [0, 0.05) is 22.9 Å². The zero-order valence-corrected chi connectivity index (χ0v) is 13.0. The molecular formula is C18H21NO3. The van der Waals surface area contributed by atoms with Gasteiger partial charge in [-0.3, -0.25) is 0 Å². The van der Waals surface area contributed by atoms with Crippen LogP contribution in [0.2, 0.25) is 0 Å². The first-order valence-corrected chi connectivity index (χ1v) is 8.10. The molecule has 0 saturated carbocycles. The summed E-state index contributed by atoms with van der Waals surface area (Å²) in [7, 11) is 3.91. The minimum absolute atomic E-state index is 0.0806. The van der Waals surface area contributed by atoms with Crippen molar-refractivity contribution in [2.45, 2.75) is 36.5 Å². The Bertz CT molecular complexity index is 685. The summed E-state index contributed by atoms with van der Waals surface area (Å²) in [4.78, 5) is 2.47. The van der Waals surface area contributed by atoms with Crippen LogP contribution >= 0.6 is 0 Å². The van der Waals surface area contributed by atoms with Crippen LogP contribution in [0.3, 0.4) is 0 Å². The molecule has 0 amide bonds. The highest BCUT2D eigenvalue weighted by Crippen LogP contribution is 2.62. The Kier molecular flexibility index (Phi) is 2.39. The first kappa shape index (κ1) is 13.0. The highest BCUT2D eigenvalue weighted by molar-refractivity contribution is 5.62. The molecule has 1 saturated heterocycles. The van der Waals surface area contributed by atoms with Crippen molar-refractivity contribution in [1.82, 2.24) is 4.90 Å². The summed E-state index contributed by atoms with van der Waals surface area (Å²) in [5.41, 5.74) is 2.60. The van der Waals surface area contributed by atoms with Crippen molar-refractivity contribution in [3.8, 4) is 11.5 Å². The molecular weight excluding hydrogens is 278 g/mol. The van der Waals surface area contributed by atoms with Gasteiger partial charge in [-0.1, -0.05) is 18.2 Å². The molecule has 1 aromatic carbocycles. The van der Waals surface area contributed by atoms with Gasteiger partial charge in [0.2, 0.25) is 0 Å². The second-order valence-electron chi connectivity index (χ2n) is 7.11. The molecule has 2 aliphatic heterocycles. The zero-order valence-electron chi connectivity index (χ0n) is 13.0. The van der Waals surface area contributed by atoms with Crippen molar-refractivity contribution in [2.75, 3.05) is 20.7 Å². The van der Waals surface area contributed by atoms with Gasteiger partial charge in [0.15, 0.2) is 11.5 Å². The molecule has 22 heavy (non-hydrogen) atoms. The lowest BCUT2D eigenvalue weighted by Crippen LogP contribution is -2.64. The lowest BCUT2D eigenvalue weighted by Gasteiger charge is -2.56. The molecule has 0 radical (unpaired) electrons. The number of piperidine rings is 1. The molecule has 4 aliphatic rings. The van der Waals surface area contributed by atoms with Gasteiger partial charge in [-0.2, -0.15) is 0 Å². The minimum Gasteiger partial charge on any atom is -0.493 e. The molecule has 116 valence electrons. The lowest BCUT2D eigenvalue weighted by molar-refractivity contribution is -0.0453. The van der Waals surface area contributed by atoms with Gasteiger partial charge in [-0.15, -0.1) is 0 Å². The fraction of sp³-hybridized carbons (Fsp3) is 0.556. The maximum Gasteiger partial charge on any atom is 0.165 e. The Balaban J connectivity index is 1.82. The third kappa shape index (κ3) is 1.28. The average Bonchev–Trinajstić information content (AvgIpc) is 2.88. The summed E-state index contributed by atoms with van der Waals surface area (Å²) in [6, 6.07) is 4.70. The zero-order chi connectivity index (χ0) is 15.1. The van der Waals surface area contributed by atoms with Gasteiger partial charge >= 0.3 is 0 Å². The number of likely N-dealkylation sites (N-methyl/N-ethyl adjacent to an activating group) is 1. The fourth-order valence-corrected chi connectivity index (χ4v) is 5.39. The van der Waals surface area contributed by atoms with E-state index < -0.39 is 6.10 Å². The first-order valence-electron chi connectivity index (χ1n) is 8.10. The van der Waals surface area contributed by atoms with E-state index in [1.807, 2.05) is 12.1 Å². The standard InChI is InChI=1S/C18H21NO3/c1-19-8-7-18-11-4-5-13(20)17(18)22-16-14(21-2)6-3-10(15(16)18)9-12(11)19/h3-6,11-13,17,20H,7-9H2,1-2H3/t11?,12-,13-,17-,18-/m0/s1. The van der Waals surface area contributed by atoms with Crippen LogP contribution in [0.5, 0.6) is 11.5 Å². The third-order valence-electron chi connectivity index (χ3n) is 6.35. The maximum absolute atomic E-state index is 10.6. The molecule has 2 aliphatic carbocycles. The van der Waals surface area contributed by atoms with E-state index in [2.05, 4.69) is 24.1 Å². The van der Waals surface area contributed by atoms with Crippen LogP contribution in [-0.4, -0.2) is 49.0 Å². The van der Waals surface area contributed by atoms with Crippen LogP contribution in [0.4, 0.5) is 0 Å². The van der Waals surface area contributed by atoms with Crippen molar-refractivity contribution in [3.05, 3.63) is 35.4 Å². The number of aliphatic hydroxyl groups is 1. The fourth-order valence-electron chi connectivity index (χ4n) is 5.39. The molecule has 4 heteroatoms. The van der Waals surface area contributed by atoms with E-state index in [9.17, 15) is 5.11 Å². The molecule has 4 nitrogen and oxygen atoms in total. The van der Waals surface area contributed by atoms with Crippen molar-refractivity contribution >= 4 is 0 Å². The second-order valence-corrected chi connectivity index (χ2v) is 7.11. The molecule has 1 aromatic rings. The Morgan fingerprint density at radius 3 is 3.05 bits per heavy atom. The second kappa shape index (κ2) is 4.06. The predicted molar refractivity (Wildman–Crippen MR) is 82.5 cm³/mol. The highest BCUT2D eigenvalue weighted by atomic mass is 16.5. The van der Waals surface area contributed by atoms with Crippen molar-refractivity contribution in [3.63, 3.8) is 0 Å². The number of benzene rings is 1. The largest absolute Gasteiger partial charge is 0.493 e. The number of ether oxygens (including phenoxy) is 2. The normalized spacial score (nSPS) is 41.0. The molecule has 1 N–H and O–H groups in total. The Labute approximate surface area is 130 Å². The van der Waals surface area contributed by atoms with Gasteiger partial charge in [-0.05, 0) is 38.1 Å². The van der Waals surface area contributed by atoms with E-state index in [0.717, 1.165) is 30.9 Å². The van der Waals surface area contributed by atoms with Gasteiger partial charge in [0.1, 0.15) is 12.2 Å². The number of hydrogen-bond donors (Lipinski definition) is 1. The van der Waals surface area contributed by atoms with Crippen LogP contribution in [-0.2, 0) is 11.8 Å². The maximum atomic E-state index is 10.6. The quantitative estimate of drug-likeness (QED) is 0.798. The summed E-state index contributed by atoms with van der Waals surface area (Å²) in [6.07, 6.45) is 5.54. The number of hydrogen-bond acceptors (Lipinski definition) is 4. The van der Waals surface area contributed by atoms with Crippen molar-refractivity contribution < 1.29 is 14.6 Å². The van der Waals surface area contributed by atoms with Crippen LogP contribution in [0.1, 0.15) is 17.5 Å². The van der Waals surface area contributed by atoms with Gasteiger partial charge in [-0.25, -0.2) is 0 Å². The molecule has 0 aromatic heterocycles. The van der Waals surface area contributed by atoms with Crippen LogP contribution in [0, 0.1) is 5.92 Å². The van der Waals surface area contributed by atoms with Gasteiger partial charge in [0.05, 0.1) is 7.11 Å². The topological polar surface area (TPSA) is 41.9 Å². The van der Waals surface area contributed by atoms with Crippen molar-refractivity contribution in [1.29, 1.82) is 0 Å². The Hall–Kier alpha value is -1.52. The molecule has 2 heterocycles. The molecule has 5 atom stereocenters. The summed E-state index contributed by atoms with van der Waals surface area (Å²) >= 11 is 0. The summed E-state index contributed by atoms with van der Waals surface area (Å²) in [5, 5.41) is 10.6. The number of methoxy groups -OCH3 is 1. The number of likely N-dealkylation sites (tertiary alicyclic amines) is 1. The molecule has 1 spiro atoms. The monoisotopic (exact) mass is 299 g/mol. The van der Waals surface area contributed by atoms with E-state index in [1.54, 1.807) is 7.11 Å². The van der Waals surface area contributed by atoms with Gasteiger partial charge in [0.25, 0.3) is 0 Å². The SMILES string of the molecule is COc1ccc2c3c1O[C@H]1[C@@H](O)C=CC4[C@H](C2)N(C)CC[C@@]341. The van der Waals surface area contributed by atoms with E-state index in [0.29, 0.717) is 12.0 Å². The van der Waals surface area contributed by atoms with Crippen LogP contribution in [0.15, 0.2) is 24.3 Å². The number of aliphatic hydroxyl groups excluding tert-OH is 1. The van der Waals surface area contributed by atoms with Crippen molar-refractivity contribution in [2.24, 2.45) is 5.92 Å². The predicted octanol–water partition coefficient (Wildman–Crippen LogP) is 1.50. The van der Waals surface area contributed by atoms with Gasteiger partial charge < -0.3 is 19.5 Å². The first-order chi connectivity index (χ1) is 10.7. The van der Waals surface area contributed by atoms with E-state index in [-0.39, 0.29) is 11.5 Å². The van der Waals surface area contributed by atoms with E-state index in [1.165, 1.54) is 11.1 Å². The summed E-state index contributed by atoms with van der Waals surface area (Å²) in [5.74, 6) is 2.09. The van der Waals surface area contributed by atoms with E-state index >= 15 is 0 Å². The third-order valence-corrected chi connectivity index (χ3v) is 6.35. The van der Waals surface area contributed by atoms with Crippen LogP contribution in [0.25, 0.3) is 0 Å². The summed E-state index contributed by atoms with van der Waals surface area (Å²) in [6.45, 7) is 1.05. The average molecular weight is 299 g/mol. The molecule has 1 unspecified atom stereocenters.